The van der Waals surface area contributed by atoms with E-state index >= 15 is 0 Å². The minimum absolute atomic E-state index is 0.262. The molecule has 0 aliphatic rings. The van der Waals surface area contributed by atoms with Crippen LogP contribution in [0.2, 0.25) is 5.02 Å². The van der Waals surface area contributed by atoms with Gasteiger partial charge in [0.05, 0.1) is 17.3 Å². The van der Waals surface area contributed by atoms with Crippen molar-refractivity contribution >= 4 is 34.2 Å². The average Bonchev–Trinajstić information content (AvgIpc) is 3.18. The first-order valence-electron chi connectivity index (χ1n) is 9.77. The molecule has 152 valence electrons. The lowest BCUT2D eigenvalue weighted by atomic mass is 10.2. The Hall–Kier alpha value is -3.38. The summed E-state index contributed by atoms with van der Waals surface area (Å²) in [7, 11) is 0. The molecule has 1 heterocycles. The van der Waals surface area contributed by atoms with Crippen LogP contribution in [0.15, 0.2) is 60.7 Å². The van der Waals surface area contributed by atoms with E-state index in [4.69, 9.17) is 16.3 Å². The molecule has 0 saturated heterocycles. The molecule has 0 bridgehead atoms. The molecule has 3 aromatic carbocycles. The zero-order valence-electron chi connectivity index (χ0n) is 16.7. The van der Waals surface area contributed by atoms with E-state index in [0.717, 1.165) is 17.6 Å². The van der Waals surface area contributed by atoms with Gasteiger partial charge in [0, 0.05) is 11.3 Å². The quantitative estimate of drug-likeness (QED) is 0.460. The highest BCUT2D eigenvalue weighted by molar-refractivity contribution is 6.32. The SMILES string of the molecule is CCOc1ccc(C(=O)Nc2ccc3nn(-c4ccc(CC)cc4)nc3c2)cc1Cl. The Labute approximate surface area is 179 Å². The van der Waals surface area contributed by atoms with Crippen molar-refractivity contribution < 1.29 is 9.53 Å². The molecule has 0 fully saturated rings. The normalized spacial score (nSPS) is 10.9. The van der Waals surface area contributed by atoms with Gasteiger partial charge in [0.2, 0.25) is 0 Å². The Balaban J connectivity index is 1.54. The number of aromatic nitrogens is 3. The summed E-state index contributed by atoms with van der Waals surface area (Å²) in [6.07, 6.45) is 0.984. The van der Waals surface area contributed by atoms with Crippen LogP contribution in [0, 0.1) is 0 Å². The number of hydrogen-bond acceptors (Lipinski definition) is 4. The predicted molar refractivity (Wildman–Crippen MR) is 119 cm³/mol. The number of benzene rings is 3. The monoisotopic (exact) mass is 420 g/mol. The summed E-state index contributed by atoms with van der Waals surface area (Å²) in [6, 6.07) is 18.5. The molecule has 0 unspecified atom stereocenters. The molecule has 0 saturated carbocycles. The van der Waals surface area contributed by atoms with Gasteiger partial charge in [-0.3, -0.25) is 4.79 Å². The van der Waals surface area contributed by atoms with Crippen LogP contribution in [0.25, 0.3) is 16.7 Å². The van der Waals surface area contributed by atoms with Gasteiger partial charge in [-0.05, 0) is 67.4 Å². The number of halogens is 1. The first-order chi connectivity index (χ1) is 14.6. The molecule has 4 aromatic rings. The van der Waals surface area contributed by atoms with Crippen LogP contribution in [0.1, 0.15) is 29.8 Å². The maximum absolute atomic E-state index is 12.6. The summed E-state index contributed by atoms with van der Waals surface area (Å²) in [5.41, 5.74) is 4.66. The summed E-state index contributed by atoms with van der Waals surface area (Å²) in [4.78, 5) is 14.2. The highest BCUT2D eigenvalue weighted by Crippen LogP contribution is 2.26. The van der Waals surface area contributed by atoms with Crippen LogP contribution in [0.4, 0.5) is 5.69 Å². The van der Waals surface area contributed by atoms with Crippen molar-refractivity contribution in [1.82, 2.24) is 15.0 Å². The third-order valence-corrected chi connectivity index (χ3v) is 5.00. The van der Waals surface area contributed by atoms with Crippen LogP contribution in [0.3, 0.4) is 0 Å². The lowest BCUT2D eigenvalue weighted by Crippen LogP contribution is -2.11. The van der Waals surface area contributed by atoms with Crippen molar-refractivity contribution in [2.75, 3.05) is 11.9 Å². The van der Waals surface area contributed by atoms with Gasteiger partial charge < -0.3 is 10.1 Å². The first kappa shape index (κ1) is 19.9. The number of nitrogens with zero attached hydrogens (tertiary/aromatic N) is 3. The zero-order chi connectivity index (χ0) is 21.1. The molecular weight excluding hydrogens is 400 g/mol. The fourth-order valence-electron chi connectivity index (χ4n) is 3.09. The van der Waals surface area contributed by atoms with Crippen molar-refractivity contribution in [3.8, 4) is 11.4 Å². The number of rotatable bonds is 6. The van der Waals surface area contributed by atoms with E-state index in [0.29, 0.717) is 34.1 Å². The van der Waals surface area contributed by atoms with Crippen LogP contribution in [0.5, 0.6) is 5.75 Å². The Bertz CT molecular complexity index is 1200. The maximum Gasteiger partial charge on any atom is 0.255 e. The Morgan fingerprint density at radius 3 is 2.47 bits per heavy atom. The maximum atomic E-state index is 12.6. The molecule has 0 aliphatic heterocycles. The number of aryl methyl sites for hydroxylation is 1. The van der Waals surface area contributed by atoms with E-state index in [9.17, 15) is 4.79 Å². The average molecular weight is 421 g/mol. The number of ether oxygens (including phenoxy) is 1. The largest absolute Gasteiger partial charge is 0.492 e. The molecule has 0 atom stereocenters. The standard InChI is InChI=1S/C23H21ClN4O2/c1-3-15-5-9-18(10-6-15)28-26-20-11-8-17(14-21(20)27-28)25-23(29)16-7-12-22(30-4-2)19(24)13-16/h5-14H,3-4H2,1-2H3,(H,25,29). The van der Waals surface area contributed by atoms with Crippen molar-refractivity contribution in [3.05, 3.63) is 76.8 Å². The summed E-state index contributed by atoms with van der Waals surface area (Å²) >= 11 is 6.19. The number of carbonyl (C=O) groups excluding carboxylic acids is 1. The van der Waals surface area contributed by atoms with Gasteiger partial charge in [-0.2, -0.15) is 4.80 Å². The summed E-state index contributed by atoms with van der Waals surface area (Å²) in [5.74, 6) is 0.294. The van der Waals surface area contributed by atoms with Gasteiger partial charge in [0.15, 0.2) is 0 Å². The fraction of sp³-hybridized carbons (Fsp3) is 0.174. The summed E-state index contributed by atoms with van der Waals surface area (Å²) in [5, 5.41) is 12.3. The molecule has 1 N–H and O–H groups in total. The highest BCUT2D eigenvalue weighted by Gasteiger charge is 2.11. The number of fused-ring (bicyclic) bond motifs is 1. The van der Waals surface area contributed by atoms with Crippen LogP contribution in [-0.4, -0.2) is 27.5 Å². The van der Waals surface area contributed by atoms with Gasteiger partial charge >= 0.3 is 0 Å². The molecule has 1 aromatic heterocycles. The van der Waals surface area contributed by atoms with E-state index in [1.807, 2.05) is 25.1 Å². The lowest BCUT2D eigenvalue weighted by molar-refractivity contribution is 0.102. The Morgan fingerprint density at radius 1 is 1.00 bits per heavy atom. The molecule has 1 amide bonds. The van der Waals surface area contributed by atoms with E-state index < -0.39 is 0 Å². The molecule has 6 nitrogen and oxygen atoms in total. The van der Waals surface area contributed by atoms with Crippen molar-refractivity contribution in [2.45, 2.75) is 20.3 Å². The predicted octanol–water partition coefficient (Wildman–Crippen LogP) is 5.29. The summed E-state index contributed by atoms with van der Waals surface area (Å²) in [6.45, 7) is 4.50. The smallest absolute Gasteiger partial charge is 0.255 e. The van der Waals surface area contributed by atoms with E-state index in [1.54, 1.807) is 35.1 Å². The fourth-order valence-corrected chi connectivity index (χ4v) is 3.33. The third-order valence-electron chi connectivity index (χ3n) is 4.71. The van der Waals surface area contributed by atoms with Crippen LogP contribution in [-0.2, 0) is 6.42 Å². The number of carbonyl (C=O) groups is 1. The van der Waals surface area contributed by atoms with Crippen molar-refractivity contribution in [3.63, 3.8) is 0 Å². The number of hydrogen-bond donors (Lipinski definition) is 1. The minimum Gasteiger partial charge on any atom is -0.492 e. The van der Waals surface area contributed by atoms with Gasteiger partial charge in [-0.25, -0.2) is 0 Å². The van der Waals surface area contributed by atoms with Gasteiger partial charge in [-0.1, -0.05) is 30.7 Å². The summed E-state index contributed by atoms with van der Waals surface area (Å²) < 4.78 is 5.41. The van der Waals surface area contributed by atoms with E-state index in [2.05, 4.69) is 34.6 Å². The van der Waals surface area contributed by atoms with Gasteiger partial charge in [0.1, 0.15) is 16.8 Å². The molecule has 30 heavy (non-hydrogen) atoms. The second-order valence-corrected chi connectivity index (χ2v) is 7.15. The van der Waals surface area contributed by atoms with E-state index in [1.165, 1.54) is 5.56 Å². The zero-order valence-corrected chi connectivity index (χ0v) is 17.5. The Kier molecular flexibility index (Phi) is 5.68. The van der Waals surface area contributed by atoms with Crippen molar-refractivity contribution in [1.29, 1.82) is 0 Å². The molecule has 4 rings (SSSR count). The van der Waals surface area contributed by atoms with Gasteiger partial charge in [-0.15, -0.1) is 10.2 Å². The lowest BCUT2D eigenvalue weighted by Gasteiger charge is -2.08. The number of nitrogens with one attached hydrogen (secondary N) is 1. The highest BCUT2D eigenvalue weighted by atomic mass is 35.5. The number of anilines is 1. The van der Waals surface area contributed by atoms with Crippen LogP contribution < -0.4 is 10.1 Å². The molecule has 7 heteroatoms. The second kappa shape index (κ2) is 8.55. The molecule has 0 aliphatic carbocycles. The minimum atomic E-state index is -0.262. The Morgan fingerprint density at radius 2 is 1.77 bits per heavy atom. The first-order valence-corrected chi connectivity index (χ1v) is 10.1. The second-order valence-electron chi connectivity index (χ2n) is 6.75. The number of amides is 1. The van der Waals surface area contributed by atoms with Gasteiger partial charge in [0.25, 0.3) is 5.91 Å². The molecular formula is C23H21ClN4O2. The van der Waals surface area contributed by atoms with E-state index in [-0.39, 0.29) is 5.91 Å². The van der Waals surface area contributed by atoms with Crippen LogP contribution >= 0.6 is 11.6 Å². The molecule has 0 radical (unpaired) electrons. The van der Waals surface area contributed by atoms with Crippen molar-refractivity contribution in [2.24, 2.45) is 0 Å². The topological polar surface area (TPSA) is 69.0 Å². The third kappa shape index (κ3) is 4.14. The molecule has 0 spiro atoms.